The fourth-order valence-corrected chi connectivity index (χ4v) is 3.68. The van der Waals surface area contributed by atoms with E-state index in [4.69, 9.17) is 32.7 Å². The average Bonchev–Trinajstić information content (AvgIpc) is 3.28. The van der Waals surface area contributed by atoms with Gasteiger partial charge in [-0.2, -0.15) is 0 Å². The van der Waals surface area contributed by atoms with Crippen LogP contribution in [0.2, 0.25) is 10.0 Å². The monoisotopic (exact) mass is 438 g/mol. The van der Waals surface area contributed by atoms with E-state index in [0.717, 1.165) is 22.4 Å². The van der Waals surface area contributed by atoms with Gasteiger partial charge in [-0.15, -0.1) is 0 Å². The molecule has 3 aromatic carbocycles. The van der Waals surface area contributed by atoms with E-state index in [-0.39, 0.29) is 12.9 Å². The van der Waals surface area contributed by atoms with E-state index >= 15 is 0 Å². The summed E-state index contributed by atoms with van der Waals surface area (Å²) < 4.78 is 13.8. The predicted octanol–water partition coefficient (Wildman–Crippen LogP) is 6.65. The largest absolute Gasteiger partial charge is 0.468 e. The maximum Gasteiger partial charge on any atom is 0.189 e. The number of nitrogens with zero attached hydrogens (tertiary/aromatic N) is 2. The molecule has 0 aliphatic rings. The molecule has 0 fully saturated rings. The molecule has 1 heterocycles. The molecule has 0 spiro atoms. The number of hydrogen-bond donors (Lipinski definition) is 0. The first-order valence-electron chi connectivity index (χ1n) is 9.49. The van der Waals surface area contributed by atoms with Crippen molar-refractivity contribution in [2.45, 2.75) is 12.6 Å². The molecule has 4 nitrogen and oxygen atoms in total. The van der Waals surface area contributed by atoms with Gasteiger partial charge in [-0.3, -0.25) is 0 Å². The molecule has 1 unspecified atom stereocenters. The summed E-state index contributed by atoms with van der Waals surface area (Å²) in [4.78, 5) is 4.09. The molecule has 0 amide bonds. The lowest BCUT2D eigenvalue weighted by atomic mass is 10.1. The molecule has 6 heteroatoms. The van der Waals surface area contributed by atoms with E-state index < -0.39 is 0 Å². The van der Waals surface area contributed by atoms with Gasteiger partial charge in [0.15, 0.2) is 6.79 Å². The maximum atomic E-state index is 6.41. The highest BCUT2D eigenvalue weighted by molar-refractivity contribution is 6.35. The first-order valence-corrected chi connectivity index (χ1v) is 10.3. The number of halogens is 2. The van der Waals surface area contributed by atoms with Crippen LogP contribution in [0.5, 0.6) is 5.75 Å². The van der Waals surface area contributed by atoms with Gasteiger partial charge in [-0.25, -0.2) is 4.98 Å². The van der Waals surface area contributed by atoms with Crippen molar-refractivity contribution in [3.63, 3.8) is 0 Å². The van der Waals surface area contributed by atoms with Gasteiger partial charge >= 0.3 is 0 Å². The highest BCUT2D eigenvalue weighted by Crippen LogP contribution is 2.30. The zero-order chi connectivity index (χ0) is 20.8. The van der Waals surface area contributed by atoms with Crippen molar-refractivity contribution in [3.8, 4) is 16.9 Å². The van der Waals surface area contributed by atoms with E-state index in [9.17, 15) is 0 Å². The molecule has 0 saturated carbocycles. The first kappa shape index (κ1) is 20.5. The normalized spacial score (nSPS) is 11.9. The van der Waals surface area contributed by atoms with Gasteiger partial charge in [0.2, 0.25) is 0 Å². The molecule has 152 valence electrons. The summed E-state index contributed by atoms with van der Waals surface area (Å²) in [6, 6.07) is 23.5. The van der Waals surface area contributed by atoms with Gasteiger partial charge in [0, 0.05) is 28.0 Å². The van der Waals surface area contributed by atoms with Gasteiger partial charge < -0.3 is 14.0 Å². The minimum absolute atomic E-state index is 0.0863. The van der Waals surface area contributed by atoms with Crippen LogP contribution < -0.4 is 4.74 Å². The molecular weight excluding hydrogens is 419 g/mol. The highest BCUT2D eigenvalue weighted by Gasteiger charge is 2.17. The summed E-state index contributed by atoms with van der Waals surface area (Å²) in [5.74, 6) is 0.735. The molecule has 0 aliphatic heterocycles. The Morgan fingerprint density at radius 3 is 2.37 bits per heavy atom. The summed E-state index contributed by atoms with van der Waals surface area (Å²) in [7, 11) is 0. The van der Waals surface area contributed by atoms with E-state index in [2.05, 4.69) is 17.1 Å². The third-order valence-electron chi connectivity index (χ3n) is 4.70. The summed E-state index contributed by atoms with van der Waals surface area (Å²) in [5, 5.41) is 1.14. The minimum atomic E-state index is -0.312. The molecule has 0 bridgehead atoms. The average molecular weight is 439 g/mol. The Hall–Kier alpha value is -2.79. The lowest BCUT2D eigenvalue weighted by Gasteiger charge is -2.20. The van der Waals surface area contributed by atoms with E-state index in [1.165, 1.54) is 0 Å². The van der Waals surface area contributed by atoms with Crippen LogP contribution in [0.25, 0.3) is 11.1 Å². The van der Waals surface area contributed by atoms with Crippen LogP contribution in [0.3, 0.4) is 0 Å². The van der Waals surface area contributed by atoms with Crippen molar-refractivity contribution in [2.75, 3.05) is 6.79 Å². The van der Waals surface area contributed by atoms with Crippen molar-refractivity contribution in [3.05, 3.63) is 107 Å². The zero-order valence-electron chi connectivity index (χ0n) is 16.1. The number of aromatic nitrogens is 2. The highest BCUT2D eigenvalue weighted by atomic mass is 35.5. The molecule has 1 atom stereocenters. The van der Waals surface area contributed by atoms with Crippen molar-refractivity contribution < 1.29 is 9.47 Å². The molecule has 0 aliphatic carbocycles. The molecule has 0 radical (unpaired) electrons. The number of imidazole rings is 1. The van der Waals surface area contributed by atoms with Crippen LogP contribution in [-0.4, -0.2) is 16.3 Å². The third-order valence-corrected chi connectivity index (χ3v) is 5.26. The first-order chi connectivity index (χ1) is 14.7. The van der Waals surface area contributed by atoms with Crippen molar-refractivity contribution in [1.29, 1.82) is 0 Å². The van der Waals surface area contributed by atoms with Crippen LogP contribution >= 0.6 is 23.2 Å². The third kappa shape index (κ3) is 5.22. The van der Waals surface area contributed by atoms with Crippen LogP contribution in [0.4, 0.5) is 0 Å². The maximum absolute atomic E-state index is 6.41. The molecule has 1 aromatic heterocycles. The Balaban J connectivity index is 1.42. The second-order valence-electron chi connectivity index (χ2n) is 6.73. The summed E-state index contributed by atoms with van der Waals surface area (Å²) in [5.41, 5.74) is 3.14. The lowest BCUT2D eigenvalue weighted by Crippen LogP contribution is -2.15. The summed E-state index contributed by atoms with van der Waals surface area (Å²) in [6.45, 7) is 0.640. The fraction of sp³-hybridized carbons (Fsp3) is 0.125. The Morgan fingerprint density at radius 1 is 0.900 bits per heavy atom. The summed E-state index contributed by atoms with van der Waals surface area (Å²) >= 11 is 12.4. The van der Waals surface area contributed by atoms with Crippen molar-refractivity contribution in [1.82, 2.24) is 9.55 Å². The molecular formula is C24H20Cl2N2O2. The van der Waals surface area contributed by atoms with Crippen LogP contribution in [0.1, 0.15) is 11.7 Å². The zero-order valence-corrected chi connectivity index (χ0v) is 17.6. The Morgan fingerprint density at radius 2 is 1.67 bits per heavy atom. The van der Waals surface area contributed by atoms with Crippen LogP contribution in [0, 0.1) is 0 Å². The molecule has 0 N–H and O–H groups in total. The smallest absolute Gasteiger partial charge is 0.189 e. The van der Waals surface area contributed by atoms with E-state index in [1.54, 1.807) is 24.7 Å². The number of ether oxygens (including phenoxy) is 2. The minimum Gasteiger partial charge on any atom is -0.468 e. The van der Waals surface area contributed by atoms with Gasteiger partial charge in [-0.05, 0) is 35.4 Å². The quantitative estimate of drug-likeness (QED) is 0.289. The predicted molar refractivity (Wildman–Crippen MR) is 120 cm³/mol. The summed E-state index contributed by atoms with van der Waals surface area (Å²) in [6.07, 6.45) is 5.03. The number of hydrogen-bond acceptors (Lipinski definition) is 3. The number of rotatable bonds is 8. The fourth-order valence-electron chi connectivity index (χ4n) is 3.15. The molecule has 4 rings (SSSR count). The molecule has 4 aromatic rings. The Kier molecular flexibility index (Phi) is 6.70. The lowest BCUT2D eigenvalue weighted by molar-refractivity contribution is -0.0444. The van der Waals surface area contributed by atoms with E-state index in [1.807, 2.05) is 59.3 Å². The van der Waals surface area contributed by atoms with Crippen LogP contribution in [-0.2, 0) is 11.3 Å². The topological polar surface area (TPSA) is 36.3 Å². The Bertz CT molecular complexity index is 1070. The standard InChI is InChI=1S/C24H20Cl2N2O2/c25-20-8-11-22(23(26)14-20)24(15-28-13-12-27-16-28)30-17-29-21-9-6-19(7-10-21)18-4-2-1-3-5-18/h1-14,16,24H,15,17H2. The second kappa shape index (κ2) is 9.81. The van der Waals surface area contributed by atoms with Gasteiger partial charge in [-0.1, -0.05) is 71.7 Å². The van der Waals surface area contributed by atoms with Crippen molar-refractivity contribution in [2.24, 2.45) is 0 Å². The SMILES string of the molecule is Clc1ccc(C(Cn2ccnc2)OCOc2ccc(-c3ccccc3)cc2)c(Cl)c1. The Labute approximate surface area is 185 Å². The molecule has 0 saturated heterocycles. The molecule has 30 heavy (non-hydrogen) atoms. The second-order valence-corrected chi connectivity index (χ2v) is 7.58. The number of benzene rings is 3. The van der Waals surface area contributed by atoms with Crippen LogP contribution in [0.15, 0.2) is 91.5 Å². The van der Waals surface area contributed by atoms with Gasteiger partial charge in [0.1, 0.15) is 11.9 Å². The van der Waals surface area contributed by atoms with Gasteiger partial charge in [0.25, 0.3) is 0 Å². The van der Waals surface area contributed by atoms with Crippen molar-refractivity contribution >= 4 is 23.2 Å². The van der Waals surface area contributed by atoms with Gasteiger partial charge in [0.05, 0.1) is 12.9 Å². The van der Waals surface area contributed by atoms with E-state index in [0.29, 0.717) is 16.6 Å².